The van der Waals surface area contributed by atoms with Crippen LogP contribution in [0.4, 0.5) is 5.69 Å². The fraction of sp³-hybridized carbons (Fsp3) is 0.220. The fourth-order valence-electron chi connectivity index (χ4n) is 5.84. The number of para-hydroxylation sites is 2. The molecule has 0 spiro atoms. The number of ether oxygens (including phenoxy) is 2. The molecule has 1 N–H and O–H groups in total. The van der Waals surface area contributed by atoms with Crippen LogP contribution in [0.15, 0.2) is 146 Å². The summed E-state index contributed by atoms with van der Waals surface area (Å²) >= 11 is 0. The maximum atomic E-state index is 12.9. The third-order valence-corrected chi connectivity index (χ3v) is 8.72. The number of benzene rings is 6. The van der Waals surface area contributed by atoms with Crippen molar-refractivity contribution >= 4 is 11.7 Å². The van der Waals surface area contributed by atoms with Gasteiger partial charge in [-0.2, -0.15) is 49.2 Å². The van der Waals surface area contributed by atoms with E-state index in [-0.39, 0.29) is 44.1 Å². The standard InChI is InChI=1S/C36H40NO4.2C7H7.Zr/c1-24(2)28-16-11-17-29(25(3)4)34(28)37-19-12-20-40-33-18-10-9-15-30(33)31-21-26(5)22-32(35(31)38)36(39)41-23-27-13-7-6-8-14-27;2*1-7-5-3-2-4-6-7;/h6-11,13-18,21-22,24-25H,12,19-20,23H2,1-5H3,(H,38,39);2*2-6H,1H2;/q3*-1;+3. The predicted octanol–water partition coefficient (Wildman–Crippen LogP) is 13.2. The topological polar surface area (TPSA) is 69.9 Å². The number of hydrogen-bond donors (Lipinski definition) is 1. The van der Waals surface area contributed by atoms with Gasteiger partial charge in [0.25, 0.3) is 0 Å². The summed E-state index contributed by atoms with van der Waals surface area (Å²) in [7, 11) is 0. The predicted molar refractivity (Wildman–Crippen MR) is 228 cm³/mol. The minimum atomic E-state index is -0.571. The molecule has 0 saturated heterocycles. The zero-order valence-electron chi connectivity index (χ0n) is 33.4. The van der Waals surface area contributed by atoms with Crippen LogP contribution in [0.2, 0.25) is 0 Å². The van der Waals surface area contributed by atoms with Crippen LogP contribution in [0, 0.1) is 20.8 Å². The Labute approximate surface area is 354 Å². The number of aromatic hydroxyl groups is 1. The van der Waals surface area contributed by atoms with Gasteiger partial charge in [-0.1, -0.05) is 118 Å². The van der Waals surface area contributed by atoms with Crippen molar-refractivity contribution in [1.29, 1.82) is 0 Å². The molecule has 6 aromatic rings. The monoisotopic (exact) mass is 822 g/mol. The molecule has 0 amide bonds. The molecule has 0 atom stereocenters. The normalized spacial score (nSPS) is 10.3. The first-order valence-corrected chi connectivity index (χ1v) is 18.9. The first kappa shape index (κ1) is 45.2. The first-order valence-electron chi connectivity index (χ1n) is 18.9. The summed E-state index contributed by atoms with van der Waals surface area (Å²) in [6.45, 7) is 19.4. The van der Waals surface area contributed by atoms with Gasteiger partial charge in [0.05, 0.1) is 6.61 Å². The number of carbonyl (C=O) groups is 1. The van der Waals surface area contributed by atoms with Crippen molar-refractivity contribution in [3.05, 3.63) is 204 Å². The smallest absolute Gasteiger partial charge is 0.684 e. The van der Waals surface area contributed by atoms with Crippen LogP contribution in [-0.4, -0.2) is 24.2 Å². The van der Waals surface area contributed by atoms with E-state index in [0.717, 1.165) is 39.9 Å². The van der Waals surface area contributed by atoms with Gasteiger partial charge < -0.3 is 19.9 Å². The number of hydrogen-bond acceptors (Lipinski definition) is 4. The third kappa shape index (κ3) is 14.1. The molecule has 0 aliphatic heterocycles. The van der Waals surface area contributed by atoms with E-state index in [1.165, 1.54) is 11.1 Å². The van der Waals surface area contributed by atoms with Crippen molar-refractivity contribution in [2.24, 2.45) is 0 Å². The first-order chi connectivity index (χ1) is 26.5. The molecule has 0 unspecified atom stereocenters. The second-order valence-electron chi connectivity index (χ2n) is 13.9. The van der Waals surface area contributed by atoms with E-state index in [4.69, 9.17) is 14.8 Å². The molecule has 0 aromatic heterocycles. The van der Waals surface area contributed by atoms with Crippen LogP contribution >= 0.6 is 0 Å². The molecule has 0 aliphatic carbocycles. The molecule has 56 heavy (non-hydrogen) atoms. The number of phenolic OH excluding ortho intramolecular Hbond substituents is 1. The Balaban J connectivity index is 0.000000467. The van der Waals surface area contributed by atoms with Crippen LogP contribution in [0.1, 0.15) is 89.7 Å². The van der Waals surface area contributed by atoms with Crippen molar-refractivity contribution in [1.82, 2.24) is 0 Å². The van der Waals surface area contributed by atoms with E-state index < -0.39 is 5.97 Å². The van der Waals surface area contributed by atoms with E-state index in [1.54, 1.807) is 6.07 Å². The van der Waals surface area contributed by atoms with Crippen molar-refractivity contribution < 1.29 is 45.6 Å². The van der Waals surface area contributed by atoms with Gasteiger partial charge in [-0.15, -0.1) is 36.5 Å². The molecule has 0 saturated carbocycles. The number of phenols is 1. The van der Waals surface area contributed by atoms with Gasteiger partial charge >= 0.3 is 32.2 Å². The van der Waals surface area contributed by atoms with Gasteiger partial charge in [0.15, 0.2) is 0 Å². The van der Waals surface area contributed by atoms with Gasteiger partial charge in [-0.25, -0.2) is 4.79 Å². The number of esters is 1. The van der Waals surface area contributed by atoms with Crippen molar-refractivity contribution in [3.63, 3.8) is 0 Å². The second kappa shape index (κ2) is 23.7. The Morgan fingerprint density at radius 2 is 1.20 bits per heavy atom. The average molecular weight is 824 g/mol. The van der Waals surface area contributed by atoms with Gasteiger partial charge in [-0.05, 0) is 54.5 Å². The Morgan fingerprint density at radius 3 is 1.71 bits per heavy atom. The Bertz CT molecular complexity index is 1980. The molecule has 6 heteroatoms. The summed E-state index contributed by atoms with van der Waals surface area (Å²) < 4.78 is 11.7. The summed E-state index contributed by atoms with van der Waals surface area (Å²) in [6, 6.07) is 46.8. The Kier molecular flexibility index (Phi) is 19.1. The fourth-order valence-corrected chi connectivity index (χ4v) is 5.84. The Morgan fingerprint density at radius 1 is 0.679 bits per heavy atom. The van der Waals surface area contributed by atoms with Crippen LogP contribution in [0.5, 0.6) is 11.5 Å². The number of aryl methyl sites for hydroxylation is 1. The van der Waals surface area contributed by atoms with Crippen LogP contribution in [0.25, 0.3) is 16.4 Å². The zero-order chi connectivity index (χ0) is 39.6. The minimum Gasteiger partial charge on any atom is -0.684 e. The molecule has 0 aliphatic rings. The largest absolute Gasteiger partial charge is 3.00 e. The van der Waals surface area contributed by atoms with E-state index in [1.807, 2.05) is 128 Å². The summed E-state index contributed by atoms with van der Waals surface area (Å²) in [5.41, 5.74) is 8.90. The van der Waals surface area contributed by atoms with Gasteiger partial charge in [0, 0.05) is 11.1 Å². The van der Waals surface area contributed by atoms with Crippen LogP contribution < -0.4 is 4.74 Å². The summed E-state index contributed by atoms with van der Waals surface area (Å²) in [5, 5.41) is 16.1. The summed E-state index contributed by atoms with van der Waals surface area (Å²) in [4.78, 5) is 12.9. The quantitative estimate of drug-likeness (QED) is 0.0758. The molecule has 0 heterocycles. The third-order valence-electron chi connectivity index (χ3n) is 8.72. The molecule has 6 rings (SSSR count). The van der Waals surface area contributed by atoms with Gasteiger partial charge in [-0.3, -0.25) is 0 Å². The molecule has 0 bridgehead atoms. The second-order valence-corrected chi connectivity index (χ2v) is 13.9. The van der Waals surface area contributed by atoms with Crippen LogP contribution in [0.3, 0.4) is 0 Å². The molecule has 287 valence electrons. The number of rotatable bonds is 12. The van der Waals surface area contributed by atoms with E-state index >= 15 is 0 Å². The van der Waals surface area contributed by atoms with Crippen molar-refractivity contribution in [2.45, 2.75) is 59.5 Å². The minimum absolute atomic E-state index is 0. The van der Waals surface area contributed by atoms with Gasteiger partial charge in [0.2, 0.25) is 0 Å². The zero-order valence-corrected chi connectivity index (χ0v) is 35.8. The van der Waals surface area contributed by atoms with Gasteiger partial charge in [0.1, 0.15) is 23.7 Å². The Hall–Kier alpha value is -5.19. The molecule has 0 fully saturated rings. The summed E-state index contributed by atoms with van der Waals surface area (Å²) in [6.07, 6.45) is 0.745. The molecule has 5 nitrogen and oxygen atoms in total. The molecule has 6 aromatic carbocycles. The average Bonchev–Trinajstić information content (AvgIpc) is 3.19. The summed E-state index contributed by atoms with van der Waals surface area (Å²) in [5.74, 6) is 0.753. The van der Waals surface area contributed by atoms with Crippen LogP contribution in [-0.2, 0) is 37.5 Å². The maximum Gasteiger partial charge on any atom is 3.00 e. The van der Waals surface area contributed by atoms with E-state index in [9.17, 15) is 9.90 Å². The van der Waals surface area contributed by atoms with Crippen molar-refractivity contribution in [2.75, 3.05) is 13.2 Å². The maximum absolute atomic E-state index is 12.9. The molecular formula is C50H54NO4Zr. The number of carbonyl (C=O) groups excluding carboxylic acids is 1. The SMILES string of the molecule is Cc1cc(C(=O)OCc2ccccc2)c(O)c(-c2ccccc2OCCC[N-]c2c(C(C)C)cccc2C(C)C)c1.[CH2-]c1ccccc1.[CH2-]c1ccccc1.[Zr+3]. The molecular weight excluding hydrogens is 770 g/mol. The van der Waals surface area contributed by atoms with E-state index in [2.05, 4.69) is 59.7 Å². The number of nitrogens with zero attached hydrogens (tertiary/aromatic N) is 1. The van der Waals surface area contributed by atoms with Crippen molar-refractivity contribution in [3.8, 4) is 22.6 Å². The van der Waals surface area contributed by atoms with E-state index in [0.29, 0.717) is 36.3 Å². The molecule has 1 radical (unpaired) electrons.